The van der Waals surface area contributed by atoms with Gasteiger partial charge >= 0.3 is 0 Å². The average Bonchev–Trinajstić information content (AvgIpc) is 2.33. The minimum Gasteiger partial charge on any atom is -0.378 e. The van der Waals surface area contributed by atoms with Crippen molar-refractivity contribution in [1.82, 2.24) is 10.2 Å². The van der Waals surface area contributed by atoms with Gasteiger partial charge in [0.05, 0.1) is 11.9 Å². The van der Waals surface area contributed by atoms with E-state index in [1.165, 1.54) is 6.20 Å². The predicted octanol–water partition coefficient (Wildman–Crippen LogP) is 2.80. The molecule has 1 aromatic carbocycles. The molecule has 6 heteroatoms. The number of aromatic amines is 1. The van der Waals surface area contributed by atoms with E-state index in [4.69, 9.17) is 11.6 Å². The Kier molecular flexibility index (Phi) is 3.81. The lowest BCUT2D eigenvalue weighted by molar-refractivity contribution is 0.981. The maximum atomic E-state index is 11.2. The lowest BCUT2D eigenvalue weighted by Gasteiger charge is -2.06. The number of nitrogens with zero attached hydrogens (tertiary/aromatic N) is 1. The molecular formula is C11H9BrClN3O. The van der Waals surface area contributed by atoms with Crippen molar-refractivity contribution in [3.05, 3.63) is 55.9 Å². The molecule has 0 bridgehead atoms. The number of hydrogen-bond donors (Lipinski definition) is 2. The number of aromatic nitrogens is 2. The van der Waals surface area contributed by atoms with Gasteiger partial charge in [0.2, 0.25) is 0 Å². The Hall–Kier alpha value is -1.33. The van der Waals surface area contributed by atoms with Gasteiger partial charge in [-0.25, -0.2) is 5.10 Å². The average molecular weight is 315 g/mol. The molecule has 0 saturated heterocycles. The van der Waals surface area contributed by atoms with Gasteiger partial charge in [-0.15, -0.1) is 0 Å². The Morgan fingerprint density at radius 1 is 1.35 bits per heavy atom. The number of hydrogen-bond acceptors (Lipinski definition) is 3. The van der Waals surface area contributed by atoms with E-state index in [0.29, 0.717) is 12.2 Å². The van der Waals surface area contributed by atoms with Gasteiger partial charge in [0, 0.05) is 11.0 Å². The summed E-state index contributed by atoms with van der Waals surface area (Å²) in [6.07, 6.45) is 1.49. The molecule has 0 aliphatic rings. The van der Waals surface area contributed by atoms with Crippen molar-refractivity contribution in [2.24, 2.45) is 0 Å². The maximum absolute atomic E-state index is 11.2. The summed E-state index contributed by atoms with van der Waals surface area (Å²) < 4.78 is 1.03. The highest BCUT2D eigenvalue weighted by molar-refractivity contribution is 9.10. The van der Waals surface area contributed by atoms with Crippen LogP contribution < -0.4 is 10.9 Å². The first-order valence-corrected chi connectivity index (χ1v) is 6.05. The number of rotatable bonds is 3. The third-order valence-corrected chi connectivity index (χ3v) is 3.10. The number of anilines is 1. The van der Waals surface area contributed by atoms with Crippen LogP contribution in [0.4, 0.5) is 5.69 Å². The van der Waals surface area contributed by atoms with Gasteiger partial charge < -0.3 is 5.32 Å². The normalized spacial score (nSPS) is 10.2. The Bertz CT molecular complexity index is 568. The van der Waals surface area contributed by atoms with Crippen molar-refractivity contribution in [3.63, 3.8) is 0 Å². The van der Waals surface area contributed by atoms with Crippen molar-refractivity contribution in [3.8, 4) is 0 Å². The van der Waals surface area contributed by atoms with Crippen LogP contribution in [0.5, 0.6) is 0 Å². The summed E-state index contributed by atoms with van der Waals surface area (Å²) in [5, 5.41) is 9.12. The fourth-order valence-electron chi connectivity index (χ4n) is 1.31. The van der Waals surface area contributed by atoms with Crippen LogP contribution in [0.3, 0.4) is 0 Å². The topological polar surface area (TPSA) is 57.8 Å². The zero-order chi connectivity index (χ0) is 12.3. The van der Waals surface area contributed by atoms with Crippen LogP contribution in [-0.2, 0) is 6.54 Å². The second-order valence-corrected chi connectivity index (χ2v) is 4.70. The van der Waals surface area contributed by atoms with Crippen LogP contribution in [0.15, 0.2) is 39.7 Å². The molecule has 0 atom stereocenters. The minimum atomic E-state index is -0.396. The smallest absolute Gasteiger partial charge is 0.285 e. The first kappa shape index (κ1) is 12.1. The van der Waals surface area contributed by atoms with E-state index in [9.17, 15) is 4.79 Å². The van der Waals surface area contributed by atoms with Crippen LogP contribution in [0.2, 0.25) is 5.02 Å². The highest BCUT2D eigenvalue weighted by atomic mass is 79.9. The Morgan fingerprint density at radius 3 is 2.76 bits per heavy atom. The van der Waals surface area contributed by atoms with Gasteiger partial charge in [-0.1, -0.05) is 39.7 Å². The molecule has 1 heterocycles. The standard InChI is InChI=1S/C11H9BrClN3O/c12-8-3-1-7(2-4-8)5-14-9-6-15-16-11(17)10(9)13/h1-4,6H,5H2,(H2,14,16,17). The molecule has 2 N–H and O–H groups in total. The summed E-state index contributed by atoms with van der Waals surface area (Å²) in [4.78, 5) is 11.2. The van der Waals surface area contributed by atoms with Gasteiger partial charge in [0.25, 0.3) is 5.56 Å². The zero-order valence-electron chi connectivity index (χ0n) is 8.71. The molecule has 88 valence electrons. The van der Waals surface area contributed by atoms with E-state index in [-0.39, 0.29) is 5.02 Å². The number of nitrogens with one attached hydrogen (secondary N) is 2. The van der Waals surface area contributed by atoms with Crippen LogP contribution >= 0.6 is 27.5 Å². The SMILES string of the molecule is O=c1[nH]ncc(NCc2ccc(Br)cc2)c1Cl. The molecule has 0 unspecified atom stereocenters. The van der Waals surface area contributed by atoms with E-state index in [2.05, 4.69) is 31.4 Å². The summed E-state index contributed by atoms with van der Waals surface area (Å²) in [6, 6.07) is 7.86. The summed E-state index contributed by atoms with van der Waals surface area (Å²) >= 11 is 9.20. The van der Waals surface area contributed by atoms with E-state index >= 15 is 0 Å². The first-order chi connectivity index (χ1) is 8.16. The fourth-order valence-corrected chi connectivity index (χ4v) is 1.73. The quantitative estimate of drug-likeness (QED) is 0.916. The molecule has 2 aromatic rings. The summed E-state index contributed by atoms with van der Waals surface area (Å²) in [5.41, 5.74) is 1.22. The molecule has 0 radical (unpaired) electrons. The maximum Gasteiger partial charge on any atom is 0.285 e. The van der Waals surface area contributed by atoms with Crippen LogP contribution in [0, 0.1) is 0 Å². The summed E-state index contributed by atoms with van der Waals surface area (Å²) in [6.45, 7) is 0.581. The Morgan fingerprint density at radius 2 is 2.06 bits per heavy atom. The molecule has 0 saturated carbocycles. The predicted molar refractivity (Wildman–Crippen MR) is 71.3 cm³/mol. The molecule has 1 aromatic heterocycles. The number of benzene rings is 1. The van der Waals surface area contributed by atoms with Gasteiger partial charge in [-0.05, 0) is 17.7 Å². The second-order valence-electron chi connectivity index (χ2n) is 3.41. The third-order valence-electron chi connectivity index (χ3n) is 2.19. The van der Waals surface area contributed by atoms with Crippen molar-refractivity contribution in [2.75, 3.05) is 5.32 Å². The zero-order valence-corrected chi connectivity index (χ0v) is 11.0. The highest BCUT2D eigenvalue weighted by Crippen LogP contribution is 2.16. The van der Waals surface area contributed by atoms with Gasteiger partial charge in [-0.2, -0.15) is 5.10 Å². The van der Waals surface area contributed by atoms with Crippen molar-refractivity contribution in [1.29, 1.82) is 0 Å². The molecule has 0 fully saturated rings. The van der Waals surface area contributed by atoms with Crippen LogP contribution in [0.1, 0.15) is 5.56 Å². The van der Waals surface area contributed by atoms with Crippen LogP contribution in [0.25, 0.3) is 0 Å². The Labute approximate surface area is 111 Å². The fraction of sp³-hybridized carbons (Fsp3) is 0.0909. The third kappa shape index (κ3) is 3.08. The lowest BCUT2D eigenvalue weighted by Crippen LogP contribution is -2.11. The first-order valence-electron chi connectivity index (χ1n) is 4.88. The largest absolute Gasteiger partial charge is 0.378 e. The molecule has 0 aliphatic carbocycles. The molecular weight excluding hydrogens is 305 g/mol. The summed E-state index contributed by atoms with van der Waals surface area (Å²) in [7, 11) is 0. The number of halogens is 2. The molecule has 17 heavy (non-hydrogen) atoms. The van der Waals surface area contributed by atoms with Crippen molar-refractivity contribution >= 4 is 33.2 Å². The van der Waals surface area contributed by atoms with Gasteiger partial charge in [-0.3, -0.25) is 4.79 Å². The highest BCUT2D eigenvalue weighted by Gasteiger charge is 2.04. The van der Waals surface area contributed by atoms with Crippen LogP contribution in [-0.4, -0.2) is 10.2 Å². The monoisotopic (exact) mass is 313 g/mol. The molecule has 0 spiro atoms. The molecule has 0 amide bonds. The van der Waals surface area contributed by atoms with Crippen molar-refractivity contribution < 1.29 is 0 Å². The molecule has 0 aliphatic heterocycles. The van der Waals surface area contributed by atoms with E-state index in [1.54, 1.807) is 0 Å². The van der Waals surface area contributed by atoms with Gasteiger partial charge in [0.1, 0.15) is 5.02 Å². The second kappa shape index (κ2) is 5.33. The number of H-pyrrole nitrogens is 1. The van der Waals surface area contributed by atoms with E-state index < -0.39 is 5.56 Å². The van der Waals surface area contributed by atoms with Crippen molar-refractivity contribution in [2.45, 2.75) is 6.54 Å². The summed E-state index contributed by atoms with van der Waals surface area (Å²) in [5.74, 6) is 0. The van der Waals surface area contributed by atoms with E-state index in [1.807, 2.05) is 24.3 Å². The molecule has 2 rings (SSSR count). The minimum absolute atomic E-state index is 0.122. The Balaban J connectivity index is 2.10. The van der Waals surface area contributed by atoms with Gasteiger partial charge in [0.15, 0.2) is 0 Å². The van der Waals surface area contributed by atoms with E-state index in [0.717, 1.165) is 10.0 Å². The lowest BCUT2D eigenvalue weighted by atomic mass is 10.2. The molecule has 4 nitrogen and oxygen atoms in total.